The predicted molar refractivity (Wildman–Crippen MR) is 79.6 cm³/mol. The lowest BCUT2D eigenvalue weighted by atomic mass is 9.99. The van der Waals surface area contributed by atoms with Crippen LogP contribution in [0.3, 0.4) is 0 Å². The highest BCUT2D eigenvalue weighted by molar-refractivity contribution is 5.88. The Balaban J connectivity index is 1.87. The van der Waals surface area contributed by atoms with E-state index in [0.29, 0.717) is 12.0 Å². The second kappa shape index (κ2) is 5.62. The van der Waals surface area contributed by atoms with Crippen LogP contribution in [0.25, 0.3) is 10.8 Å². The van der Waals surface area contributed by atoms with Crippen molar-refractivity contribution in [1.82, 2.24) is 5.32 Å². The normalized spacial score (nSPS) is 20.6. The van der Waals surface area contributed by atoms with Gasteiger partial charge in [-0.15, -0.1) is 0 Å². The average Bonchev–Trinajstić information content (AvgIpc) is 2.99. The number of benzene rings is 2. The van der Waals surface area contributed by atoms with Crippen LogP contribution in [-0.2, 0) is 0 Å². The van der Waals surface area contributed by atoms with Gasteiger partial charge in [0.2, 0.25) is 0 Å². The Hall–Kier alpha value is -1.54. The van der Waals surface area contributed by atoms with Crippen LogP contribution in [0.2, 0.25) is 0 Å². The SMILES string of the molecule is CC[C@H](Oc1cccc2ccccc12)C1CCNC1. The highest BCUT2D eigenvalue weighted by Crippen LogP contribution is 2.29. The van der Waals surface area contributed by atoms with Gasteiger partial charge in [0.25, 0.3) is 0 Å². The van der Waals surface area contributed by atoms with E-state index in [9.17, 15) is 0 Å². The minimum atomic E-state index is 0.320. The van der Waals surface area contributed by atoms with Crippen LogP contribution < -0.4 is 10.1 Å². The Kier molecular flexibility index (Phi) is 3.69. The van der Waals surface area contributed by atoms with Gasteiger partial charge in [-0.05, 0) is 30.8 Å². The number of hydrogen-bond donors (Lipinski definition) is 1. The van der Waals surface area contributed by atoms with E-state index in [-0.39, 0.29) is 0 Å². The summed E-state index contributed by atoms with van der Waals surface area (Å²) >= 11 is 0. The first-order valence-electron chi connectivity index (χ1n) is 7.23. The lowest BCUT2D eigenvalue weighted by molar-refractivity contribution is 0.140. The summed E-state index contributed by atoms with van der Waals surface area (Å²) in [6, 6.07) is 14.7. The zero-order valence-electron chi connectivity index (χ0n) is 11.4. The third kappa shape index (κ3) is 2.59. The second-order valence-corrected chi connectivity index (χ2v) is 5.29. The summed E-state index contributed by atoms with van der Waals surface area (Å²) in [5, 5.41) is 5.90. The van der Waals surface area contributed by atoms with Crippen LogP contribution in [0, 0.1) is 5.92 Å². The molecule has 0 bridgehead atoms. The Morgan fingerprint density at radius 3 is 2.84 bits per heavy atom. The van der Waals surface area contributed by atoms with E-state index < -0.39 is 0 Å². The van der Waals surface area contributed by atoms with Crippen LogP contribution in [-0.4, -0.2) is 19.2 Å². The molecule has 1 saturated heterocycles. The zero-order valence-corrected chi connectivity index (χ0v) is 11.4. The van der Waals surface area contributed by atoms with Gasteiger partial charge >= 0.3 is 0 Å². The third-order valence-corrected chi connectivity index (χ3v) is 4.05. The first-order chi connectivity index (χ1) is 9.38. The number of fused-ring (bicyclic) bond motifs is 1. The van der Waals surface area contributed by atoms with Gasteiger partial charge in [-0.25, -0.2) is 0 Å². The molecule has 3 rings (SSSR count). The lowest BCUT2D eigenvalue weighted by Gasteiger charge is -2.23. The quantitative estimate of drug-likeness (QED) is 0.901. The molecule has 1 heterocycles. The monoisotopic (exact) mass is 255 g/mol. The summed E-state index contributed by atoms with van der Waals surface area (Å²) in [6.07, 6.45) is 2.61. The summed E-state index contributed by atoms with van der Waals surface area (Å²) < 4.78 is 6.32. The first-order valence-corrected chi connectivity index (χ1v) is 7.23. The molecule has 0 aromatic heterocycles. The van der Waals surface area contributed by atoms with E-state index in [4.69, 9.17) is 4.74 Å². The van der Waals surface area contributed by atoms with Crippen molar-refractivity contribution in [3.63, 3.8) is 0 Å². The molecule has 1 aliphatic heterocycles. The molecule has 2 aromatic rings. The van der Waals surface area contributed by atoms with Gasteiger partial charge in [0.05, 0.1) is 0 Å². The van der Waals surface area contributed by atoms with E-state index in [1.54, 1.807) is 0 Å². The van der Waals surface area contributed by atoms with E-state index in [1.807, 2.05) is 0 Å². The molecular formula is C17H21NO. The lowest BCUT2D eigenvalue weighted by Crippen LogP contribution is -2.28. The molecule has 2 aromatic carbocycles. The number of rotatable bonds is 4. The highest BCUT2D eigenvalue weighted by atomic mass is 16.5. The van der Waals surface area contributed by atoms with Gasteiger partial charge in [0, 0.05) is 17.8 Å². The minimum Gasteiger partial charge on any atom is -0.489 e. The topological polar surface area (TPSA) is 21.3 Å². The van der Waals surface area contributed by atoms with Crippen LogP contribution >= 0.6 is 0 Å². The molecule has 1 aliphatic rings. The van der Waals surface area contributed by atoms with E-state index >= 15 is 0 Å². The average molecular weight is 255 g/mol. The maximum absolute atomic E-state index is 6.32. The fraction of sp³-hybridized carbons (Fsp3) is 0.412. The van der Waals surface area contributed by atoms with E-state index in [0.717, 1.165) is 25.3 Å². The molecule has 1 fully saturated rings. The smallest absolute Gasteiger partial charge is 0.127 e. The maximum Gasteiger partial charge on any atom is 0.127 e. The molecule has 2 heteroatoms. The van der Waals surface area contributed by atoms with Gasteiger partial charge in [-0.1, -0.05) is 43.3 Å². The zero-order chi connectivity index (χ0) is 13.1. The van der Waals surface area contributed by atoms with Crippen molar-refractivity contribution < 1.29 is 4.74 Å². The maximum atomic E-state index is 6.32. The van der Waals surface area contributed by atoms with Crippen LogP contribution in [0.4, 0.5) is 0 Å². The standard InChI is InChI=1S/C17H21NO/c1-2-16(14-10-11-18-12-14)19-17-9-5-7-13-6-3-4-8-15(13)17/h3-9,14,16,18H,2,10-12H2,1H3/t14?,16-/m0/s1. The Morgan fingerprint density at radius 2 is 2.05 bits per heavy atom. The van der Waals surface area contributed by atoms with Crippen LogP contribution in [0.1, 0.15) is 19.8 Å². The summed E-state index contributed by atoms with van der Waals surface area (Å²) in [5.41, 5.74) is 0. The largest absolute Gasteiger partial charge is 0.489 e. The summed E-state index contributed by atoms with van der Waals surface area (Å²) in [6.45, 7) is 4.43. The molecule has 2 atom stereocenters. The van der Waals surface area contributed by atoms with Crippen LogP contribution in [0.15, 0.2) is 42.5 Å². The fourth-order valence-corrected chi connectivity index (χ4v) is 2.97. The molecule has 0 spiro atoms. The summed E-state index contributed by atoms with van der Waals surface area (Å²) in [7, 11) is 0. The Labute approximate surface area is 114 Å². The molecule has 100 valence electrons. The van der Waals surface area contributed by atoms with Gasteiger partial charge in [0.1, 0.15) is 11.9 Å². The number of nitrogens with one attached hydrogen (secondary N) is 1. The molecule has 0 aliphatic carbocycles. The van der Waals surface area contributed by atoms with E-state index in [1.165, 1.54) is 17.2 Å². The van der Waals surface area contributed by atoms with Crippen molar-refractivity contribution in [2.24, 2.45) is 5.92 Å². The minimum absolute atomic E-state index is 0.320. The van der Waals surface area contributed by atoms with Gasteiger partial charge < -0.3 is 10.1 Å². The molecule has 19 heavy (non-hydrogen) atoms. The van der Waals surface area contributed by atoms with E-state index in [2.05, 4.69) is 54.7 Å². The van der Waals surface area contributed by atoms with Crippen molar-refractivity contribution in [2.75, 3.05) is 13.1 Å². The van der Waals surface area contributed by atoms with Gasteiger partial charge in [-0.2, -0.15) is 0 Å². The van der Waals surface area contributed by atoms with Crippen molar-refractivity contribution in [3.05, 3.63) is 42.5 Å². The molecular weight excluding hydrogens is 234 g/mol. The highest BCUT2D eigenvalue weighted by Gasteiger charge is 2.25. The molecule has 0 saturated carbocycles. The first kappa shape index (κ1) is 12.5. The Morgan fingerprint density at radius 1 is 1.21 bits per heavy atom. The molecule has 1 unspecified atom stereocenters. The molecule has 0 amide bonds. The molecule has 2 nitrogen and oxygen atoms in total. The third-order valence-electron chi connectivity index (χ3n) is 4.05. The molecule has 0 radical (unpaired) electrons. The fourth-order valence-electron chi connectivity index (χ4n) is 2.97. The van der Waals surface area contributed by atoms with Gasteiger partial charge in [0.15, 0.2) is 0 Å². The van der Waals surface area contributed by atoms with Crippen LogP contribution in [0.5, 0.6) is 5.75 Å². The van der Waals surface area contributed by atoms with Crippen molar-refractivity contribution in [3.8, 4) is 5.75 Å². The predicted octanol–water partition coefficient (Wildman–Crippen LogP) is 3.61. The molecule has 1 N–H and O–H groups in total. The second-order valence-electron chi connectivity index (χ2n) is 5.29. The number of hydrogen-bond acceptors (Lipinski definition) is 2. The summed E-state index contributed by atoms with van der Waals surface area (Å²) in [5.74, 6) is 1.67. The van der Waals surface area contributed by atoms with Crippen molar-refractivity contribution in [1.29, 1.82) is 0 Å². The number of ether oxygens (including phenoxy) is 1. The van der Waals surface area contributed by atoms with Crippen molar-refractivity contribution in [2.45, 2.75) is 25.9 Å². The Bertz CT molecular complexity index is 540. The van der Waals surface area contributed by atoms with Crippen molar-refractivity contribution >= 4 is 10.8 Å². The summed E-state index contributed by atoms with van der Waals surface area (Å²) in [4.78, 5) is 0. The van der Waals surface area contributed by atoms with Gasteiger partial charge in [-0.3, -0.25) is 0 Å².